The number of nitrogens with zero attached hydrogens (tertiary/aromatic N) is 1. The Morgan fingerprint density at radius 1 is 0.917 bits per heavy atom. The zero-order chi connectivity index (χ0) is 25.8. The van der Waals surface area contributed by atoms with Crippen molar-refractivity contribution in [2.75, 3.05) is 17.2 Å². The number of anilines is 2. The van der Waals surface area contributed by atoms with Crippen LogP contribution < -0.4 is 10.6 Å². The summed E-state index contributed by atoms with van der Waals surface area (Å²) in [5.74, 6) is -0.817. The molecule has 0 aliphatic carbocycles. The quantitative estimate of drug-likeness (QED) is 0.339. The summed E-state index contributed by atoms with van der Waals surface area (Å²) in [5.41, 5.74) is 3.08. The highest BCUT2D eigenvalue weighted by molar-refractivity contribution is 8.04. The van der Waals surface area contributed by atoms with Gasteiger partial charge in [0.1, 0.15) is 10.6 Å². The third-order valence-corrected chi connectivity index (χ3v) is 6.87. The molecule has 0 unspecified atom stereocenters. The first kappa shape index (κ1) is 25.5. The monoisotopic (exact) mass is 519 g/mol. The van der Waals surface area contributed by atoms with Crippen LogP contribution in [0.25, 0.3) is 0 Å². The van der Waals surface area contributed by atoms with E-state index in [4.69, 9.17) is 11.6 Å². The van der Waals surface area contributed by atoms with Gasteiger partial charge in [-0.2, -0.15) is 0 Å². The second-order valence-corrected chi connectivity index (χ2v) is 10.4. The van der Waals surface area contributed by atoms with E-state index in [2.05, 4.69) is 10.6 Å². The molecule has 0 bridgehead atoms. The van der Waals surface area contributed by atoms with Crippen molar-refractivity contribution in [2.24, 2.45) is 5.92 Å². The summed E-state index contributed by atoms with van der Waals surface area (Å²) in [4.78, 5) is 41.3. The van der Waals surface area contributed by atoms with Crippen LogP contribution in [0.1, 0.15) is 29.8 Å². The van der Waals surface area contributed by atoms with Gasteiger partial charge in [0.25, 0.3) is 17.7 Å². The van der Waals surface area contributed by atoms with Crippen molar-refractivity contribution in [3.63, 3.8) is 0 Å². The molecule has 0 spiro atoms. The van der Waals surface area contributed by atoms with Gasteiger partial charge in [0.05, 0.1) is 10.6 Å². The van der Waals surface area contributed by atoms with Gasteiger partial charge < -0.3 is 10.6 Å². The van der Waals surface area contributed by atoms with Crippen LogP contribution in [-0.2, 0) is 9.59 Å². The van der Waals surface area contributed by atoms with E-state index >= 15 is 0 Å². The molecule has 2 N–H and O–H groups in total. The molecule has 36 heavy (non-hydrogen) atoms. The highest BCUT2D eigenvalue weighted by Gasteiger charge is 2.39. The molecule has 184 valence electrons. The first-order chi connectivity index (χ1) is 17.2. The van der Waals surface area contributed by atoms with E-state index in [1.165, 1.54) is 16.7 Å². The molecule has 1 aliphatic rings. The minimum absolute atomic E-state index is 0.142. The highest BCUT2D eigenvalue weighted by Crippen LogP contribution is 2.36. The van der Waals surface area contributed by atoms with Crippen molar-refractivity contribution in [2.45, 2.75) is 25.7 Å². The SMILES string of the molecule is Cc1ccc(NC2=C(Sc3ccc(NC(=O)c4ccccc4Cl)cc3)C(=O)N(CC(C)C)C2=O)cc1. The number of imide groups is 1. The zero-order valence-corrected chi connectivity index (χ0v) is 21.7. The molecule has 0 atom stereocenters. The summed E-state index contributed by atoms with van der Waals surface area (Å²) < 4.78 is 0. The lowest BCUT2D eigenvalue weighted by molar-refractivity contribution is -0.137. The number of aryl methyl sites for hydroxylation is 1. The number of hydrogen-bond acceptors (Lipinski definition) is 5. The Kier molecular flexibility index (Phi) is 7.82. The predicted molar refractivity (Wildman–Crippen MR) is 145 cm³/mol. The van der Waals surface area contributed by atoms with Crippen molar-refractivity contribution < 1.29 is 14.4 Å². The maximum Gasteiger partial charge on any atom is 0.278 e. The van der Waals surface area contributed by atoms with Gasteiger partial charge in [0, 0.05) is 22.8 Å². The van der Waals surface area contributed by atoms with Crippen LogP contribution in [0.2, 0.25) is 5.02 Å². The first-order valence-corrected chi connectivity index (χ1v) is 12.7. The average Bonchev–Trinajstić information content (AvgIpc) is 3.05. The molecule has 0 saturated carbocycles. The van der Waals surface area contributed by atoms with E-state index in [0.717, 1.165) is 16.1 Å². The predicted octanol–water partition coefficient (Wildman–Crippen LogP) is 6.34. The number of carbonyl (C=O) groups excluding carboxylic acids is 3. The molecule has 4 rings (SSSR count). The smallest absolute Gasteiger partial charge is 0.278 e. The fourth-order valence-corrected chi connectivity index (χ4v) is 4.81. The molecule has 3 amide bonds. The molecule has 0 fully saturated rings. The number of carbonyl (C=O) groups is 3. The third kappa shape index (κ3) is 5.80. The molecule has 3 aromatic rings. The summed E-state index contributed by atoms with van der Waals surface area (Å²) in [6.45, 7) is 6.26. The molecule has 1 heterocycles. The number of rotatable bonds is 8. The van der Waals surface area contributed by atoms with Gasteiger partial charge in [-0.1, -0.05) is 67.0 Å². The number of thioether (sulfide) groups is 1. The van der Waals surface area contributed by atoms with Crippen LogP contribution in [0.4, 0.5) is 11.4 Å². The fraction of sp³-hybridized carbons (Fsp3) is 0.179. The molecule has 0 saturated heterocycles. The third-order valence-electron chi connectivity index (χ3n) is 5.44. The van der Waals surface area contributed by atoms with Crippen molar-refractivity contribution in [3.05, 3.63) is 99.5 Å². The van der Waals surface area contributed by atoms with Crippen LogP contribution in [0.5, 0.6) is 0 Å². The van der Waals surface area contributed by atoms with Gasteiger partial charge in [-0.25, -0.2) is 0 Å². The molecule has 0 aromatic heterocycles. The van der Waals surface area contributed by atoms with Gasteiger partial charge in [0.15, 0.2) is 0 Å². The Morgan fingerprint density at radius 2 is 1.56 bits per heavy atom. The van der Waals surface area contributed by atoms with Gasteiger partial charge in [0.2, 0.25) is 0 Å². The van der Waals surface area contributed by atoms with Gasteiger partial charge >= 0.3 is 0 Å². The lowest BCUT2D eigenvalue weighted by Crippen LogP contribution is -2.35. The minimum atomic E-state index is -0.333. The Bertz CT molecular complexity index is 1330. The number of nitrogens with one attached hydrogen (secondary N) is 2. The summed E-state index contributed by atoms with van der Waals surface area (Å²) >= 11 is 7.34. The number of hydrogen-bond donors (Lipinski definition) is 2. The molecule has 1 aliphatic heterocycles. The minimum Gasteiger partial charge on any atom is -0.350 e. The molecular weight excluding hydrogens is 494 g/mol. The van der Waals surface area contributed by atoms with E-state index in [0.29, 0.717) is 27.7 Å². The van der Waals surface area contributed by atoms with Crippen molar-refractivity contribution in [1.82, 2.24) is 4.90 Å². The lowest BCUT2D eigenvalue weighted by Gasteiger charge is -2.17. The van der Waals surface area contributed by atoms with Crippen molar-refractivity contribution >= 4 is 52.5 Å². The van der Waals surface area contributed by atoms with Gasteiger partial charge in [-0.05, 0) is 61.4 Å². The van der Waals surface area contributed by atoms with Gasteiger partial charge in [-0.15, -0.1) is 0 Å². The standard InChI is InChI=1S/C28H26ClN3O3S/c1-17(2)16-32-27(34)24(30-19-10-8-18(3)9-11-19)25(28(32)35)36-21-14-12-20(13-15-21)31-26(33)22-6-4-5-7-23(22)29/h4-15,17,30H,16H2,1-3H3,(H,31,33). The highest BCUT2D eigenvalue weighted by atomic mass is 35.5. The van der Waals surface area contributed by atoms with Gasteiger partial charge in [-0.3, -0.25) is 19.3 Å². The summed E-state index contributed by atoms with van der Waals surface area (Å²) in [6.07, 6.45) is 0. The summed E-state index contributed by atoms with van der Waals surface area (Å²) in [7, 11) is 0. The normalized spacial score (nSPS) is 13.5. The topological polar surface area (TPSA) is 78.5 Å². The Balaban J connectivity index is 1.55. The zero-order valence-electron chi connectivity index (χ0n) is 20.2. The maximum absolute atomic E-state index is 13.2. The van der Waals surface area contributed by atoms with Crippen molar-refractivity contribution in [1.29, 1.82) is 0 Å². The van der Waals surface area contributed by atoms with Crippen LogP contribution >= 0.6 is 23.4 Å². The van der Waals surface area contributed by atoms with Crippen molar-refractivity contribution in [3.8, 4) is 0 Å². The molecule has 8 heteroatoms. The van der Waals surface area contributed by atoms with E-state index in [-0.39, 0.29) is 29.3 Å². The van der Waals surface area contributed by atoms with E-state index < -0.39 is 0 Å². The van der Waals surface area contributed by atoms with Crippen LogP contribution in [-0.4, -0.2) is 29.2 Å². The average molecular weight is 520 g/mol. The van der Waals surface area contributed by atoms with E-state index in [1.54, 1.807) is 48.5 Å². The molecular formula is C28H26ClN3O3S. The first-order valence-electron chi connectivity index (χ1n) is 11.5. The maximum atomic E-state index is 13.2. The van der Waals surface area contributed by atoms with E-state index in [9.17, 15) is 14.4 Å². The summed E-state index contributed by atoms with van der Waals surface area (Å²) in [5, 5.41) is 6.36. The number of benzene rings is 3. The van der Waals surface area contributed by atoms with Crippen LogP contribution in [0, 0.1) is 12.8 Å². The Labute approximate surface area is 219 Å². The van der Waals surface area contributed by atoms with Crippen LogP contribution in [0.15, 0.2) is 88.3 Å². The fourth-order valence-electron chi connectivity index (χ4n) is 3.64. The van der Waals surface area contributed by atoms with E-state index in [1.807, 2.05) is 45.0 Å². The molecule has 3 aromatic carbocycles. The lowest BCUT2D eigenvalue weighted by atomic mass is 10.2. The second-order valence-electron chi connectivity index (χ2n) is 8.87. The Morgan fingerprint density at radius 3 is 2.19 bits per heavy atom. The molecule has 0 radical (unpaired) electrons. The van der Waals surface area contributed by atoms with Crippen LogP contribution in [0.3, 0.4) is 0 Å². The number of halogens is 1. The molecule has 6 nitrogen and oxygen atoms in total. The second kappa shape index (κ2) is 11.0. The largest absolute Gasteiger partial charge is 0.350 e. The summed E-state index contributed by atoms with van der Waals surface area (Å²) in [6, 6.07) is 21.6. The Hall–Kier alpha value is -3.55. The number of amides is 3.